The Bertz CT molecular complexity index is 838. The molecular formula is C25H34O6. The van der Waals surface area contributed by atoms with Gasteiger partial charge in [-0.1, -0.05) is 46.4 Å². The number of rotatable bonds is 5. The average molecular weight is 431 g/mol. The highest BCUT2D eigenvalue weighted by Crippen LogP contribution is 2.42. The molecule has 0 aromatic carbocycles. The summed E-state index contributed by atoms with van der Waals surface area (Å²) in [6.45, 7) is 17.5. The lowest BCUT2D eigenvalue weighted by Crippen LogP contribution is -2.44. The van der Waals surface area contributed by atoms with Crippen LogP contribution < -0.4 is 0 Å². The number of hydrogen-bond acceptors (Lipinski definition) is 6. The molecule has 0 saturated carbocycles. The van der Waals surface area contributed by atoms with E-state index in [0.29, 0.717) is 29.7 Å². The molecule has 1 aliphatic carbocycles. The van der Waals surface area contributed by atoms with Gasteiger partial charge in [0.15, 0.2) is 0 Å². The summed E-state index contributed by atoms with van der Waals surface area (Å²) in [5, 5.41) is 11.1. The van der Waals surface area contributed by atoms with Gasteiger partial charge in [0, 0.05) is 18.4 Å². The van der Waals surface area contributed by atoms with Crippen LogP contribution in [-0.2, 0) is 23.8 Å². The highest BCUT2D eigenvalue weighted by molar-refractivity contribution is 5.91. The van der Waals surface area contributed by atoms with Crippen molar-refractivity contribution in [3.8, 4) is 0 Å². The van der Waals surface area contributed by atoms with Crippen molar-refractivity contribution in [3.05, 3.63) is 47.8 Å². The number of fused-ring (bicyclic) bond motifs is 2. The second-order valence-corrected chi connectivity index (χ2v) is 9.62. The third kappa shape index (κ3) is 4.64. The Morgan fingerprint density at radius 1 is 1.19 bits per heavy atom. The Balaban J connectivity index is 1.90. The van der Waals surface area contributed by atoms with Crippen molar-refractivity contribution in [2.45, 2.75) is 77.8 Å². The minimum atomic E-state index is -1.16. The minimum absolute atomic E-state index is 0.104. The molecule has 0 amide bonds. The molecule has 31 heavy (non-hydrogen) atoms. The molecule has 3 aliphatic rings. The summed E-state index contributed by atoms with van der Waals surface area (Å²) in [4.78, 5) is 25.2. The van der Waals surface area contributed by atoms with E-state index < -0.39 is 23.8 Å². The van der Waals surface area contributed by atoms with Crippen molar-refractivity contribution in [2.75, 3.05) is 0 Å². The molecule has 0 aromatic rings. The van der Waals surface area contributed by atoms with Gasteiger partial charge < -0.3 is 19.3 Å². The zero-order valence-electron chi connectivity index (χ0n) is 19.1. The molecular weight excluding hydrogens is 396 g/mol. The molecule has 0 spiro atoms. The van der Waals surface area contributed by atoms with E-state index in [1.165, 1.54) is 0 Å². The largest absolute Gasteiger partial charge is 0.490 e. The van der Waals surface area contributed by atoms with Crippen LogP contribution in [0.3, 0.4) is 0 Å². The Hall–Kier alpha value is -2.34. The fourth-order valence-electron chi connectivity index (χ4n) is 4.71. The maximum atomic E-state index is 13.0. The van der Waals surface area contributed by atoms with Crippen molar-refractivity contribution < 1.29 is 28.9 Å². The van der Waals surface area contributed by atoms with E-state index in [0.717, 1.165) is 5.57 Å². The van der Waals surface area contributed by atoms with Crippen molar-refractivity contribution in [1.29, 1.82) is 0 Å². The maximum absolute atomic E-state index is 13.0. The molecule has 6 nitrogen and oxygen atoms in total. The van der Waals surface area contributed by atoms with Gasteiger partial charge >= 0.3 is 11.9 Å². The third-order valence-corrected chi connectivity index (χ3v) is 6.80. The number of carbonyl (C=O) groups is 2. The SMILES string of the molecule is C=C1OC2CC3=C[C@@H](C/C(C)=C/[C@@H](OC(=O)CC(O)(C(C)C)C(C)C)[C@@H]2C1=C)OC3=O. The van der Waals surface area contributed by atoms with Gasteiger partial charge in [-0.15, -0.1) is 0 Å². The molecule has 1 saturated heterocycles. The van der Waals surface area contributed by atoms with Gasteiger partial charge in [-0.3, -0.25) is 4.79 Å². The van der Waals surface area contributed by atoms with Gasteiger partial charge in [0.1, 0.15) is 24.1 Å². The number of carbonyl (C=O) groups excluding carboxylic acids is 2. The van der Waals surface area contributed by atoms with E-state index in [9.17, 15) is 14.7 Å². The van der Waals surface area contributed by atoms with Crippen molar-refractivity contribution >= 4 is 11.9 Å². The summed E-state index contributed by atoms with van der Waals surface area (Å²) in [6.07, 6.45) is 3.09. The number of allylic oxidation sites excluding steroid dienone is 1. The molecule has 1 fully saturated rings. The zero-order chi connectivity index (χ0) is 23.1. The van der Waals surface area contributed by atoms with Crippen LogP contribution in [0.25, 0.3) is 0 Å². The lowest BCUT2D eigenvalue weighted by molar-refractivity contribution is -0.160. The van der Waals surface area contributed by atoms with Crippen LogP contribution in [-0.4, -0.2) is 41.0 Å². The zero-order valence-corrected chi connectivity index (χ0v) is 19.1. The molecule has 2 heterocycles. The predicted octanol–water partition coefficient (Wildman–Crippen LogP) is 4.01. The fourth-order valence-corrected chi connectivity index (χ4v) is 4.71. The molecule has 2 bridgehead atoms. The quantitative estimate of drug-likeness (QED) is 0.524. The predicted molar refractivity (Wildman–Crippen MR) is 117 cm³/mol. The van der Waals surface area contributed by atoms with Gasteiger partial charge in [0.05, 0.1) is 17.9 Å². The second kappa shape index (κ2) is 8.65. The molecule has 0 aromatic heterocycles. The molecule has 170 valence electrons. The maximum Gasteiger partial charge on any atom is 0.334 e. The van der Waals surface area contributed by atoms with Gasteiger partial charge in [0.25, 0.3) is 0 Å². The van der Waals surface area contributed by atoms with Crippen LogP contribution >= 0.6 is 0 Å². The first-order valence-corrected chi connectivity index (χ1v) is 11.0. The van der Waals surface area contributed by atoms with Crippen LogP contribution in [0.15, 0.2) is 47.8 Å². The number of esters is 2. The summed E-state index contributed by atoms with van der Waals surface area (Å²) >= 11 is 0. The molecule has 6 heteroatoms. The fraction of sp³-hybridized carbons (Fsp3) is 0.600. The number of ether oxygens (including phenoxy) is 3. The Morgan fingerprint density at radius 3 is 2.45 bits per heavy atom. The van der Waals surface area contributed by atoms with Crippen LogP contribution in [0.2, 0.25) is 0 Å². The number of hydrogen-bond donors (Lipinski definition) is 1. The summed E-state index contributed by atoms with van der Waals surface area (Å²) in [7, 11) is 0. The lowest BCUT2D eigenvalue weighted by Gasteiger charge is -2.36. The van der Waals surface area contributed by atoms with Crippen molar-refractivity contribution in [3.63, 3.8) is 0 Å². The monoisotopic (exact) mass is 430 g/mol. The van der Waals surface area contributed by atoms with E-state index in [1.807, 2.05) is 46.8 Å². The molecule has 4 atom stereocenters. The number of aliphatic hydroxyl groups is 1. The molecule has 3 rings (SSSR count). The average Bonchev–Trinajstić information content (AvgIpc) is 3.12. The van der Waals surface area contributed by atoms with Crippen molar-refractivity contribution in [1.82, 2.24) is 0 Å². The summed E-state index contributed by atoms with van der Waals surface area (Å²) < 4.78 is 17.3. The van der Waals surface area contributed by atoms with E-state index in [1.54, 1.807) is 0 Å². The summed E-state index contributed by atoms with van der Waals surface area (Å²) in [5.41, 5.74) is 0.986. The van der Waals surface area contributed by atoms with E-state index >= 15 is 0 Å². The first kappa shape index (κ1) is 23.3. The van der Waals surface area contributed by atoms with E-state index in [-0.39, 0.29) is 36.2 Å². The van der Waals surface area contributed by atoms with Crippen LogP contribution in [0.1, 0.15) is 53.9 Å². The molecule has 1 unspecified atom stereocenters. The standard InChI is InChI=1S/C25H34O6/c1-13(2)25(28,14(3)4)12-22(26)31-20-9-15(5)8-19-10-18(24(27)30-19)11-21-23(20)16(6)17(7)29-21/h9-10,13-14,19-21,23,28H,6-8,11-12H2,1-5H3/b15-9+/t19-,20-,21?,23+/m1/s1. The minimum Gasteiger partial charge on any atom is -0.490 e. The first-order chi connectivity index (χ1) is 14.4. The van der Waals surface area contributed by atoms with Crippen LogP contribution in [0.5, 0.6) is 0 Å². The molecule has 2 aliphatic heterocycles. The third-order valence-electron chi connectivity index (χ3n) is 6.80. The second-order valence-electron chi connectivity index (χ2n) is 9.62. The summed E-state index contributed by atoms with van der Waals surface area (Å²) in [6, 6.07) is 0. The van der Waals surface area contributed by atoms with E-state index in [4.69, 9.17) is 14.2 Å². The van der Waals surface area contributed by atoms with Gasteiger partial charge in [-0.2, -0.15) is 0 Å². The lowest BCUT2D eigenvalue weighted by atomic mass is 9.78. The summed E-state index contributed by atoms with van der Waals surface area (Å²) in [5.74, 6) is -0.963. The molecule has 1 N–H and O–H groups in total. The van der Waals surface area contributed by atoms with Crippen molar-refractivity contribution in [2.24, 2.45) is 17.8 Å². The Morgan fingerprint density at radius 2 is 1.84 bits per heavy atom. The topological polar surface area (TPSA) is 82.1 Å². The van der Waals surface area contributed by atoms with Gasteiger partial charge in [-0.05, 0) is 36.5 Å². The first-order valence-electron chi connectivity index (χ1n) is 11.0. The highest BCUT2D eigenvalue weighted by Gasteiger charge is 2.45. The smallest absolute Gasteiger partial charge is 0.334 e. The van der Waals surface area contributed by atoms with Crippen LogP contribution in [0.4, 0.5) is 0 Å². The Labute approximate surface area is 184 Å². The van der Waals surface area contributed by atoms with Crippen LogP contribution in [0, 0.1) is 17.8 Å². The van der Waals surface area contributed by atoms with E-state index in [2.05, 4.69) is 13.2 Å². The van der Waals surface area contributed by atoms with Gasteiger partial charge in [-0.25, -0.2) is 4.79 Å². The van der Waals surface area contributed by atoms with Gasteiger partial charge in [0.2, 0.25) is 0 Å². The normalized spacial score (nSPS) is 30.4. The Kier molecular flexibility index (Phi) is 6.51. The highest BCUT2D eigenvalue weighted by atomic mass is 16.6. The molecule has 0 radical (unpaired) electrons.